The van der Waals surface area contributed by atoms with Crippen molar-refractivity contribution in [2.45, 2.75) is 44.2 Å². The number of carbonyl (C=O) groups is 1. The van der Waals surface area contributed by atoms with Gasteiger partial charge in [0.25, 0.3) is 5.91 Å². The predicted molar refractivity (Wildman–Crippen MR) is 121 cm³/mol. The van der Waals surface area contributed by atoms with Gasteiger partial charge in [-0.2, -0.15) is 13.2 Å². The average molecular weight is 471 g/mol. The molecule has 1 amide bonds. The van der Waals surface area contributed by atoms with Crippen molar-refractivity contribution >= 4 is 17.3 Å². The smallest absolute Gasteiger partial charge is 0.416 e. The number of oxime groups is 1. The number of nitrogens with one attached hydrogen (secondary N) is 1. The Morgan fingerprint density at radius 3 is 2.50 bits per heavy atom. The van der Waals surface area contributed by atoms with Gasteiger partial charge >= 0.3 is 6.18 Å². The van der Waals surface area contributed by atoms with Crippen LogP contribution in [0.4, 0.5) is 18.9 Å². The van der Waals surface area contributed by atoms with Gasteiger partial charge in [0.05, 0.1) is 11.8 Å². The molecule has 1 aliphatic rings. The molecular formula is C25H24F3N3O3. The molecule has 34 heavy (non-hydrogen) atoms. The molecule has 0 radical (unpaired) electrons. The van der Waals surface area contributed by atoms with Crippen LogP contribution in [0.3, 0.4) is 0 Å². The molecule has 0 unspecified atom stereocenters. The van der Waals surface area contributed by atoms with E-state index in [2.05, 4.69) is 15.5 Å². The minimum Gasteiger partial charge on any atom is -0.444 e. The number of alkyl halides is 3. The van der Waals surface area contributed by atoms with E-state index in [1.165, 1.54) is 18.5 Å². The molecule has 0 saturated heterocycles. The summed E-state index contributed by atoms with van der Waals surface area (Å²) in [4.78, 5) is 22.1. The van der Waals surface area contributed by atoms with Crippen LogP contribution >= 0.6 is 0 Å². The predicted octanol–water partition coefficient (Wildman–Crippen LogP) is 6.20. The number of anilines is 1. The lowest BCUT2D eigenvalue weighted by molar-refractivity contribution is -0.139. The molecule has 1 aromatic heterocycles. The van der Waals surface area contributed by atoms with Crippen LogP contribution in [0.2, 0.25) is 0 Å². The van der Waals surface area contributed by atoms with Gasteiger partial charge in [-0.3, -0.25) is 4.79 Å². The number of amides is 1. The van der Waals surface area contributed by atoms with E-state index in [1.807, 2.05) is 0 Å². The van der Waals surface area contributed by atoms with Crippen molar-refractivity contribution in [1.29, 1.82) is 0 Å². The third kappa shape index (κ3) is 4.98. The Balaban J connectivity index is 1.57. The van der Waals surface area contributed by atoms with Crippen LogP contribution in [-0.2, 0) is 21.2 Å². The Morgan fingerprint density at radius 1 is 1.18 bits per heavy atom. The fourth-order valence-corrected chi connectivity index (χ4v) is 4.23. The largest absolute Gasteiger partial charge is 0.444 e. The summed E-state index contributed by atoms with van der Waals surface area (Å²) in [6, 6.07) is 12.5. The van der Waals surface area contributed by atoms with Gasteiger partial charge in [-0.05, 0) is 55.7 Å². The third-order valence-corrected chi connectivity index (χ3v) is 6.05. The van der Waals surface area contributed by atoms with Crippen LogP contribution in [0.5, 0.6) is 0 Å². The normalized spacial score (nSPS) is 15.5. The molecule has 3 aromatic rings. The van der Waals surface area contributed by atoms with Crippen molar-refractivity contribution in [2.24, 2.45) is 5.16 Å². The molecule has 1 aliphatic carbocycles. The Morgan fingerprint density at radius 2 is 1.91 bits per heavy atom. The summed E-state index contributed by atoms with van der Waals surface area (Å²) in [6.07, 6.45) is 0.311. The second-order valence-corrected chi connectivity index (χ2v) is 8.21. The van der Waals surface area contributed by atoms with E-state index in [4.69, 9.17) is 9.25 Å². The summed E-state index contributed by atoms with van der Waals surface area (Å²) in [5.41, 5.74) is 0.0517. The number of rotatable bonds is 8. The van der Waals surface area contributed by atoms with Crippen LogP contribution in [0, 0.1) is 0 Å². The highest BCUT2D eigenvalue weighted by Crippen LogP contribution is 2.50. The zero-order chi connectivity index (χ0) is 24.2. The molecule has 9 heteroatoms. The molecule has 1 saturated carbocycles. The van der Waals surface area contributed by atoms with E-state index in [0.717, 1.165) is 18.1 Å². The first-order valence-electron chi connectivity index (χ1n) is 11.0. The van der Waals surface area contributed by atoms with Gasteiger partial charge < -0.3 is 14.6 Å². The van der Waals surface area contributed by atoms with Gasteiger partial charge in [0.15, 0.2) is 12.2 Å². The second-order valence-electron chi connectivity index (χ2n) is 8.21. The SMILES string of the molecule is CCON=C(CC1(c2ccccc2C(F)(F)F)CCC1)C(=O)Nc1ccc(-c2cnco2)cc1. The number of benzene rings is 2. The van der Waals surface area contributed by atoms with E-state index >= 15 is 0 Å². The Bertz CT molecular complexity index is 1150. The van der Waals surface area contributed by atoms with Crippen molar-refractivity contribution in [3.63, 3.8) is 0 Å². The quantitative estimate of drug-likeness (QED) is 0.313. The number of nitrogens with zero attached hydrogens (tertiary/aromatic N) is 2. The van der Waals surface area contributed by atoms with E-state index in [1.54, 1.807) is 43.5 Å². The topological polar surface area (TPSA) is 76.7 Å². The standard InChI is InChI=1S/C25H24F3N3O3/c1-2-34-31-21(23(32)30-18-10-8-17(9-11-18)22-15-29-16-33-22)14-24(12-5-13-24)19-6-3-4-7-20(19)25(26,27)28/h3-4,6-11,15-16H,2,5,12-14H2,1H3,(H,30,32). The Kier molecular flexibility index (Phi) is 6.72. The minimum atomic E-state index is -4.48. The summed E-state index contributed by atoms with van der Waals surface area (Å²) in [7, 11) is 0. The first-order chi connectivity index (χ1) is 16.3. The molecule has 0 bridgehead atoms. The highest BCUT2D eigenvalue weighted by atomic mass is 19.4. The van der Waals surface area contributed by atoms with Gasteiger partial charge in [-0.15, -0.1) is 0 Å². The average Bonchev–Trinajstić information content (AvgIpc) is 3.33. The van der Waals surface area contributed by atoms with Crippen molar-refractivity contribution < 1.29 is 27.2 Å². The van der Waals surface area contributed by atoms with Gasteiger partial charge in [0, 0.05) is 23.1 Å². The molecule has 178 valence electrons. The first kappa shape index (κ1) is 23.5. The summed E-state index contributed by atoms with van der Waals surface area (Å²) >= 11 is 0. The molecule has 1 heterocycles. The van der Waals surface area contributed by atoms with Crippen LogP contribution in [0.25, 0.3) is 11.3 Å². The Labute approximate surface area is 194 Å². The maximum absolute atomic E-state index is 13.7. The number of carbonyl (C=O) groups excluding carboxylic acids is 1. The van der Waals surface area contributed by atoms with Crippen molar-refractivity contribution in [1.82, 2.24) is 4.98 Å². The monoisotopic (exact) mass is 471 g/mol. The molecule has 0 atom stereocenters. The summed E-state index contributed by atoms with van der Waals surface area (Å²) in [6.45, 7) is 1.95. The molecule has 0 aliphatic heterocycles. The minimum absolute atomic E-state index is 0.0437. The third-order valence-electron chi connectivity index (χ3n) is 6.05. The van der Waals surface area contributed by atoms with Crippen LogP contribution in [0.15, 0.2) is 70.7 Å². The van der Waals surface area contributed by atoms with Crippen LogP contribution in [-0.4, -0.2) is 23.2 Å². The van der Waals surface area contributed by atoms with E-state index in [9.17, 15) is 18.0 Å². The fourth-order valence-electron chi connectivity index (χ4n) is 4.23. The molecule has 2 aromatic carbocycles. The van der Waals surface area contributed by atoms with Crippen LogP contribution < -0.4 is 5.32 Å². The lowest BCUT2D eigenvalue weighted by Gasteiger charge is -2.43. The summed E-state index contributed by atoms with van der Waals surface area (Å²) in [5, 5.41) is 6.75. The second kappa shape index (κ2) is 9.70. The maximum atomic E-state index is 13.7. The van der Waals surface area contributed by atoms with E-state index in [-0.39, 0.29) is 24.3 Å². The van der Waals surface area contributed by atoms with Gasteiger partial charge in [0.1, 0.15) is 12.3 Å². The molecular weight excluding hydrogens is 447 g/mol. The number of hydrogen-bond donors (Lipinski definition) is 1. The highest BCUT2D eigenvalue weighted by Gasteiger charge is 2.46. The van der Waals surface area contributed by atoms with Crippen molar-refractivity contribution in [3.8, 4) is 11.3 Å². The van der Waals surface area contributed by atoms with Gasteiger partial charge in [0.2, 0.25) is 0 Å². The summed E-state index contributed by atoms with van der Waals surface area (Å²) < 4.78 is 46.4. The molecule has 0 spiro atoms. The van der Waals surface area contributed by atoms with Crippen molar-refractivity contribution in [3.05, 3.63) is 72.2 Å². The number of halogens is 3. The molecule has 6 nitrogen and oxygen atoms in total. The molecule has 1 fully saturated rings. The zero-order valence-corrected chi connectivity index (χ0v) is 18.6. The maximum Gasteiger partial charge on any atom is 0.416 e. The van der Waals surface area contributed by atoms with Gasteiger partial charge in [-0.25, -0.2) is 4.98 Å². The summed E-state index contributed by atoms with van der Waals surface area (Å²) in [5.74, 6) is 0.0726. The molecule has 1 N–H and O–H groups in total. The fraction of sp³-hybridized carbons (Fsp3) is 0.320. The molecule has 4 rings (SSSR count). The first-order valence-corrected chi connectivity index (χ1v) is 11.0. The zero-order valence-electron chi connectivity index (χ0n) is 18.6. The number of oxazole rings is 1. The van der Waals surface area contributed by atoms with E-state index in [0.29, 0.717) is 24.3 Å². The number of aromatic nitrogens is 1. The lowest BCUT2D eigenvalue weighted by Crippen LogP contribution is -2.41. The van der Waals surface area contributed by atoms with Gasteiger partial charge in [-0.1, -0.05) is 29.8 Å². The Hall–Kier alpha value is -3.62. The van der Waals surface area contributed by atoms with Crippen molar-refractivity contribution in [2.75, 3.05) is 11.9 Å². The van der Waals surface area contributed by atoms with E-state index < -0.39 is 23.1 Å². The highest BCUT2D eigenvalue weighted by molar-refractivity contribution is 6.43. The van der Waals surface area contributed by atoms with Crippen LogP contribution in [0.1, 0.15) is 43.7 Å². The lowest BCUT2D eigenvalue weighted by atomic mass is 9.60. The number of hydrogen-bond acceptors (Lipinski definition) is 5.